The van der Waals surface area contributed by atoms with E-state index in [1.54, 1.807) is 24.1 Å². The van der Waals surface area contributed by atoms with Gasteiger partial charge in [-0.05, 0) is 30.7 Å². The van der Waals surface area contributed by atoms with Gasteiger partial charge in [0.1, 0.15) is 0 Å². The number of amides is 2. The van der Waals surface area contributed by atoms with E-state index in [2.05, 4.69) is 21.2 Å². The number of hydrogen-bond acceptors (Lipinski definition) is 2. The number of nitrogens with one attached hydrogen (secondary N) is 1. The standard InChI is InChI=1S/C19H21BrN2O2/c1-14(21-19(24)15-8-4-3-5-9-15)12-18(23)22(2)13-16-10-6-7-11-17(16)20/h3-11,14H,12-13H2,1-2H3,(H,21,24). The summed E-state index contributed by atoms with van der Waals surface area (Å²) < 4.78 is 0.982. The molecule has 0 fully saturated rings. The van der Waals surface area contributed by atoms with Gasteiger partial charge in [-0.25, -0.2) is 0 Å². The third kappa shape index (κ3) is 5.20. The van der Waals surface area contributed by atoms with E-state index in [-0.39, 0.29) is 24.3 Å². The highest BCUT2D eigenvalue weighted by Crippen LogP contribution is 2.17. The smallest absolute Gasteiger partial charge is 0.251 e. The fourth-order valence-electron chi connectivity index (χ4n) is 2.34. The summed E-state index contributed by atoms with van der Waals surface area (Å²) in [5, 5.41) is 2.86. The third-order valence-corrected chi connectivity index (χ3v) is 4.46. The van der Waals surface area contributed by atoms with Gasteiger partial charge in [0, 0.05) is 36.1 Å². The summed E-state index contributed by atoms with van der Waals surface area (Å²) in [6.45, 7) is 2.37. The van der Waals surface area contributed by atoms with Crippen LogP contribution in [0.15, 0.2) is 59.1 Å². The zero-order valence-corrected chi connectivity index (χ0v) is 15.4. The molecule has 0 heterocycles. The van der Waals surface area contributed by atoms with Gasteiger partial charge in [0.15, 0.2) is 0 Å². The SMILES string of the molecule is CC(CC(=O)N(C)Cc1ccccc1Br)NC(=O)c1ccccc1. The Morgan fingerprint density at radius 1 is 1.08 bits per heavy atom. The van der Waals surface area contributed by atoms with Crippen molar-refractivity contribution in [2.24, 2.45) is 0 Å². The Labute approximate surface area is 151 Å². The lowest BCUT2D eigenvalue weighted by atomic mass is 10.1. The molecule has 0 saturated heterocycles. The summed E-state index contributed by atoms with van der Waals surface area (Å²) in [4.78, 5) is 26.1. The Bertz CT molecular complexity index is 704. The second-order valence-corrected chi connectivity index (χ2v) is 6.64. The van der Waals surface area contributed by atoms with E-state index in [0.29, 0.717) is 12.1 Å². The lowest BCUT2D eigenvalue weighted by Crippen LogP contribution is -2.37. The van der Waals surface area contributed by atoms with Gasteiger partial charge in [0.25, 0.3) is 5.91 Å². The van der Waals surface area contributed by atoms with Crippen molar-refractivity contribution in [1.29, 1.82) is 0 Å². The average Bonchev–Trinajstić information content (AvgIpc) is 2.57. The zero-order valence-electron chi connectivity index (χ0n) is 13.8. The van der Waals surface area contributed by atoms with Gasteiger partial charge in [0.05, 0.1) is 0 Å². The first-order valence-electron chi connectivity index (χ1n) is 7.80. The van der Waals surface area contributed by atoms with Crippen LogP contribution in [-0.2, 0) is 11.3 Å². The average molecular weight is 389 g/mol. The van der Waals surface area contributed by atoms with E-state index < -0.39 is 0 Å². The van der Waals surface area contributed by atoms with Gasteiger partial charge in [-0.15, -0.1) is 0 Å². The maximum Gasteiger partial charge on any atom is 0.251 e. The normalized spacial score (nSPS) is 11.6. The summed E-state index contributed by atoms with van der Waals surface area (Å²) >= 11 is 3.49. The van der Waals surface area contributed by atoms with Crippen molar-refractivity contribution < 1.29 is 9.59 Å². The van der Waals surface area contributed by atoms with Gasteiger partial charge in [-0.3, -0.25) is 9.59 Å². The number of nitrogens with zero attached hydrogens (tertiary/aromatic N) is 1. The molecule has 1 atom stereocenters. The molecule has 1 N–H and O–H groups in total. The Balaban J connectivity index is 1.87. The van der Waals surface area contributed by atoms with Crippen LogP contribution in [0, 0.1) is 0 Å². The van der Waals surface area contributed by atoms with E-state index in [0.717, 1.165) is 10.0 Å². The number of carbonyl (C=O) groups excluding carboxylic acids is 2. The highest BCUT2D eigenvalue weighted by molar-refractivity contribution is 9.10. The summed E-state index contributed by atoms with van der Waals surface area (Å²) in [7, 11) is 1.77. The van der Waals surface area contributed by atoms with Crippen LogP contribution >= 0.6 is 15.9 Å². The number of carbonyl (C=O) groups is 2. The van der Waals surface area contributed by atoms with Gasteiger partial charge in [-0.1, -0.05) is 52.3 Å². The summed E-state index contributed by atoms with van der Waals surface area (Å²) in [6.07, 6.45) is 0.263. The predicted molar refractivity (Wildman–Crippen MR) is 98.6 cm³/mol. The molecule has 2 amide bonds. The molecule has 0 radical (unpaired) electrons. The first kappa shape index (κ1) is 18.2. The van der Waals surface area contributed by atoms with Crippen LogP contribution in [0.3, 0.4) is 0 Å². The van der Waals surface area contributed by atoms with E-state index in [1.807, 2.05) is 49.4 Å². The molecule has 2 rings (SSSR count). The molecule has 0 aromatic heterocycles. The van der Waals surface area contributed by atoms with Crippen molar-refractivity contribution in [3.8, 4) is 0 Å². The van der Waals surface area contributed by atoms with Crippen molar-refractivity contribution in [3.63, 3.8) is 0 Å². The number of halogens is 1. The van der Waals surface area contributed by atoms with Crippen LogP contribution in [-0.4, -0.2) is 29.8 Å². The van der Waals surface area contributed by atoms with E-state index in [1.165, 1.54) is 0 Å². The van der Waals surface area contributed by atoms with Crippen LogP contribution in [0.4, 0.5) is 0 Å². The molecule has 0 aliphatic carbocycles. The molecule has 0 aliphatic rings. The van der Waals surface area contributed by atoms with E-state index in [4.69, 9.17) is 0 Å². The lowest BCUT2D eigenvalue weighted by Gasteiger charge is -2.21. The molecule has 0 bridgehead atoms. The monoisotopic (exact) mass is 388 g/mol. The van der Waals surface area contributed by atoms with E-state index in [9.17, 15) is 9.59 Å². The van der Waals surface area contributed by atoms with E-state index >= 15 is 0 Å². The predicted octanol–water partition coefficient (Wildman–Crippen LogP) is 3.62. The quantitative estimate of drug-likeness (QED) is 0.821. The van der Waals surface area contributed by atoms with Crippen molar-refractivity contribution in [3.05, 3.63) is 70.2 Å². The molecule has 24 heavy (non-hydrogen) atoms. The Hall–Kier alpha value is -2.14. The Morgan fingerprint density at radius 3 is 2.38 bits per heavy atom. The highest BCUT2D eigenvalue weighted by Gasteiger charge is 2.16. The van der Waals surface area contributed by atoms with Gasteiger partial charge >= 0.3 is 0 Å². The highest BCUT2D eigenvalue weighted by atomic mass is 79.9. The molecular formula is C19H21BrN2O2. The zero-order chi connectivity index (χ0) is 17.5. The number of hydrogen-bond donors (Lipinski definition) is 1. The second kappa shape index (κ2) is 8.64. The third-order valence-electron chi connectivity index (χ3n) is 3.69. The minimum Gasteiger partial charge on any atom is -0.349 e. The molecule has 0 spiro atoms. The van der Waals surface area contributed by atoms with Crippen molar-refractivity contribution in [2.45, 2.75) is 25.9 Å². The summed E-state index contributed by atoms with van der Waals surface area (Å²) in [6, 6.07) is 16.6. The minimum atomic E-state index is -0.230. The molecule has 126 valence electrons. The van der Waals surface area contributed by atoms with Gasteiger partial charge in [-0.2, -0.15) is 0 Å². The number of benzene rings is 2. The Morgan fingerprint density at radius 2 is 1.71 bits per heavy atom. The fourth-order valence-corrected chi connectivity index (χ4v) is 2.75. The molecule has 1 unspecified atom stereocenters. The van der Waals surface area contributed by atoms with Crippen LogP contribution in [0.2, 0.25) is 0 Å². The molecule has 4 nitrogen and oxygen atoms in total. The van der Waals surface area contributed by atoms with Crippen LogP contribution < -0.4 is 5.32 Å². The first-order chi connectivity index (χ1) is 11.5. The topological polar surface area (TPSA) is 49.4 Å². The molecule has 2 aromatic rings. The van der Waals surface area contributed by atoms with Crippen molar-refractivity contribution in [1.82, 2.24) is 10.2 Å². The summed E-state index contributed by atoms with van der Waals surface area (Å²) in [5.74, 6) is -0.170. The minimum absolute atomic E-state index is 0.00776. The van der Waals surface area contributed by atoms with Crippen molar-refractivity contribution >= 4 is 27.7 Å². The summed E-state index contributed by atoms with van der Waals surface area (Å²) in [5.41, 5.74) is 1.65. The van der Waals surface area contributed by atoms with Gasteiger partial charge in [0.2, 0.25) is 5.91 Å². The van der Waals surface area contributed by atoms with Gasteiger partial charge < -0.3 is 10.2 Å². The van der Waals surface area contributed by atoms with Crippen molar-refractivity contribution in [2.75, 3.05) is 7.05 Å². The molecule has 0 saturated carbocycles. The van der Waals surface area contributed by atoms with Crippen LogP contribution in [0.1, 0.15) is 29.3 Å². The molecule has 0 aliphatic heterocycles. The largest absolute Gasteiger partial charge is 0.349 e. The van der Waals surface area contributed by atoms with Crippen LogP contribution in [0.5, 0.6) is 0 Å². The molecular weight excluding hydrogens is 368 g/mol. The van der Waals surface area contributed by atoms with Crippen LogP contribution in [0.25, 0.3) is 0 Å². The fraction of sp³-hybridized carbons (Fsp3) is 0.263. The maximum absolute atomic E-state index is 12.3. The first-order valence-corrected chi connectivity index (χ1v) is 8.60. The second-order valence-electron chi connectivity index (χ2n) is 5.79. The maximum atomic E-state index is 12.3. The Kier molecular flexibility index (Phi) is 6.55. The molecule has 2 aromatic carbocycles. The number of rotatable bonds is 6. The lowest BCUT2D eigenvalue weighted by molar-refractivity contribution is -0.130. The molecule has 5 heteroatoms.